The number of hydrogen-bond acceptors (Lipinski definition) is 2. The lowest BCUT2D eigenvalue weighted by molar-refractivity contribution is 0.444. The van der Waals surface area contributed by atoms with Gasteiger partial charge in [-0.2, -0.15) is 0 Å². The van der Waals surface area contributed by atoms with Gasteiger partial charge in [0.05, 0.1) is 6.20 Å². The minimum absolute atomic E-state index is 0.329. The largest absolute Gasteiger partial charge is 0.322 e. The summed E-state index contributed by atoms with van der Waals surface area (Å²) in [7, 11) is 0. The van der Waals surface area contributed by atoms with Crippen LogP contribution < -0.4 is 5.73 Å². The van der Waals surface area contributed by atoms with Crippen molar-refractivity contribution in [2.75, 3.05) is 0 Å². The second-order valence-corrected chi connectivity index (χ2v) is 3.13. The molecule has 0 aromatic carbocycles. The van der Waals surface area contributed by atoms with Crippen LogP contribution in [0.25, 0.3) is 0 Å². The van der Waals surface area contributed by atoms with Gasteiger partial charge in [0.1, 0.15) is 5.82 Å². The first kappa shape index (κ1) is 9.13. The van der Waals surface area contributed by atoms with Crippen molar-refractivity contribution in [2.24, 2.45) is 5.73 Å². The van der Waals surface area contributed by atoms with Crippen LogP contribution in [0.4, 0.5) is 4.39 Å². The Hall–Kier alpha value is -0.960. The molecule has 1 atom stereocenters. The third-order valence-electron chi connectivity index (χ3n) is 2.12. The van der Waals surface area contributed by atoms with Crippen LogP contribution >= 0.6 is 0 Å². The number of halogens is 1. The molecule has 1 rings (SSSR count). The van der Waals surface area contributed by atoms with E-state index in [1.165, 1.54) is 6.20 Å². The first-order valence-electron chi connectivity index (χ1n) is 3.97. The lowest BCUT2D eigenvalue weighted by atomic mass is 9.91. The van der Waals surface area contributed by atoms with Gasteiger partial charge in [-0.1, -0.05) is 6.92 Å². The summed E-state index contributed by atoms with van der Waals surface area (Å²) in [4.78, 5) is 3.66. The van der Waals surface area contributed by atoms with Crippen LogP contribution in [0.1, 0.15) is 25.8 Å². The Morgan fingerprint density at radius 3 is 2.83 bits per heavy atom. The summed E-state index contributed by atoms with van der Waals surface area (Å²) in [6, 6.07) is 1.62. The smallest absolute Gasteiger partial charge is 0.146 e. The monoisotopic (exact) mass is 168 g/mol. The van der Waals surface area contributed by atoms with Crippen molar-refractivity contribution in [1.29, 1.82) is 0 Å². The van der Waals surface area contributed by atoms with E-state index >= 15 is 0 Å². The van der Waals surface area contributed by atoms with Crippen LogP contribution in [-0.2, 0) is 5.54 Å². The molecule has 0 amide bonds. The highest BCUT2D eigenvalue weighted by atomic mass is 19.1. The highest BCUT2D eigenvalue weighted by molar-refractivity contribution is 5.21. The molecule has 0 aliphatic carbocycles. The lowest BCUT2D eigenvalue weighted by Crippen LogP contribution is -2.33. The third kappa shape index (κ3) is 1.61. The fourth-order valence-electron chi connectivity index (χ4n) is 1.03. The summed E-state index contributed by atoms with van der Waals surface area (Å²) in [5, 5.41) is 0. The third-order valence-corrected chi connectivity index (χ3v) is 2.12. The van der Waals surface area contributed by atoms with Gasteiger partial charge in [-0.25, -0.2) is 4.39 Å². The van der Waals surface area contributed by atoms with Gasteiger partial charge in [-0.15, -0.1) is 0 Å². The molecule has 1 aromatic rings. The number of pyridine rings is 1. The van der Waals surface area contributed by atoms with Gasteiger partial charge < -0.3 is 5.73 Å². The SMILES string of the molecule is CCC(C)(N)c1ccncc1F. The second kappa shape index (κ2) is 3.19. The van der Waals surface area contributed by atoms with Crippen molar-refractivity contribution in [1.82, 2.24) is 4.98 Å². The molecule has 0 saturated heterocycles. The quantitative estimate of drug-likeness (QED) is 0.731. The van der Waals surface area contributed by atoms with Gasteiger partial charge >= 0.3 is 0 Å². The molecule has 3 heteroatoms. The van der Waals surface area contributed by atoms with E-state index in [0.29, 0.717) is 12.0 Å². The van der Waals surface area contributed by atoms with Gasteiger partial charge in [0.15, 0.2) is 0 Å². The van der Waals surface area contributed by atoms with Crippen molar-refractivity contribution in [3.8, 4) is 0 Å². The van der Waals surface area contributed by atoms with Crippen molar-refractivity contribution in [2.45, 2.75) is 25.8 Å². The van der Waals surface area contributed by atoms with E-state index in [0.717, 1.165) is 0 Å². The highest BCUT2D eigenvalue weighted by Crippen LogP contribution is 2.22. The molecule has 0 aliphatic rings. The summed E-state index contributed by atoms with van der Waals surface area (Å²) in [6.45, 7) is 3.74. The Morgan fingerprint density at radius 1 is 1.67 bits per heavy atom. The molecule has 0 radical (unpaired) electrons. The molecule has 1 heterocycles. The molecule has 0 fully saturated rings. The topological polar surface area (TPSA) is 38.9 Å². The fraction of sp³-hybridized carbons (Fsp3) is 0.444. The normalized spacial score (nSPS) is 15.7. The Balaban J connectivity index is 3.10. The van der Waals surface area contributed by atoms with Crippen molar-refractivity contribution in [3.63, 3.8) is 0 Å². The number of nitrogens with two attached hydrogens (primary N) is 1. The summed E-state index contributed by atoms with van der Waals surface area (Å²) >= 11 is 0. The molecule has 2 nitrogen and oxygen atoms in total. The van der Waals surface area contributed by atoms with Crippen LogP contribution in [0, 0.1) is 5.82 Å². The van der Waals surface area contributed by atoms with E-state index in [1.807, 2.05) is 13.8 Å². The van der Waals surface area contributed by atoms with Crippen LogP contribution in [-0.4, -0.2) is 4.98 Å². The number of aromatic nitrogens is 1. The zero-order valence-electron chi connectivity index (χ0n) is 7.34. The molecule has 1 unspecified atom stereocenters. The molecular weight excluding hydrogens is 155 g/mol. The molecule has 12 heavy (non-hydrogen) atoms. The maximum absolute atomic E-state index is 13.1. The zero-order valence-corrected chi connectivity index (χ0v) is 7.34. The highest BCUT2D eigenvalue weighted by Gasteiger charge is 2.21. The van der Waals surface area contributed by atoms with E-state index < -0.39 is 5.54 Å². The fourth-order valence-corrected chi connectivity index (χ4v) is 1.03. The molecule has 0 spiro atoms. The Labute approximate surface area is 71.6 Å². The van der Waals surface area contributed by atoms with E-state index in [2.05, 4.69) is 4.98 Å². The van der Waals surface area contributed by atoms with E-state index in [1.54, 1.807) is 12.3 Å². The maximum atomic E-state index is 13.1. The minimum Gasteiger partial charge on any atom is -0.322 e. The molecule has 1 aromatic heterocycles. The van der Waals surface area contributed by atoms with E-state index in [9.17, 15) is 4.39 Å². The molecule has 2 N–H and O–H groups in total. The van der Waals surface area contributed by atoms with Crippen molar-refractivity contribution >= 4 is 0 Å². The average Bonchev–Trinajstić information content (AvgIpc) is 2.05. The summed E-state index contributed by atoms with van der Waals surface area (Å²) in [5.41, 5.74) is 5.81. The summed E-state index contributed by atoms with van der Waals surface area (Å²) < 4.78 is 13.1. The second-order valence-electron chi connectivity index (χ2n) is 3.13. The van der Waals surface area contributed by atoms with Crippen molar-refractivity contribution < 1.29 is 4.39 Å². The number of rotatable bonds is 2. The molecular formula is C9H13FN2. The van der Waals surface area contributed by atoms with Crippen LogP contribution in [0.5, 0.6) is 0 Å². The van der Waals surface area contributed by atoms with Gasteiger partial charge in [0, 0.05) is 17.3 Å². The van der Waals surface area contributed by atoms with Gasteiger partial charge in [0.2, 0.25) is 0 Å². The first-order chi connectivity index (χ1) is 5.58. The number of nitrogens with zero attached hydrogens (tertiary/aromatic N) is 1. The zero-order chi connectivity index (χ0) is 9.19. The molecule has 0 aliphatic heterocycles. The molecule has 0 bridgehead atoms. The molecule has 0 saturated carbocycles. The minimum atomic E-state index is -0.590. The lowest BCUT2D eigenvalue weighted by Gasteiger charge is -2.23. The maximum Gasteiger partial charge on any atom is 0.146 e. The van der Waals surface area contributed by atoms with Gasteiger partial charge in [-0.05, 0) is 19.4 Å². The Bertz CT molecular complexity index is 271. The Kier molecular flexibility index (Phi) is 2.43. The Morgan fingerprint density at radius 2 is 2.33 bits per heavy atom. The van der Waals surface area contributed by atoms with Gasteiger partial charge in [0.25, 0.3) is 0 Å². The van der Waals surface area contributed by atoms with Crippen LogP contribution in [0.15, 0.2) is 18.5 Å². The average molecular weight is 168 g/mol. The summed E-state index contributed by atoms with van der Waals surface area (Å²) in [5.74, 6) is -0.329. The van der Waals surface area contributed by atoms with E-state index in [4.69, 9.17) is 5.73 Å². The van der Waals surface area contributed by atoms with Crippen LogP contribution in [0.3, 0.4) is 0 Å². The standard InChI is InChI=1S/C9H13FN2/c1-3-9(2,11)7-4-5-12-6-8(7)10/h4-6H,3,11H2,1-2H3. The van der Waals surface area contributed by atoms with E-state index in [-0.39, 0.29) is 5.82 Å². The van der Waals surface area contributed by atoms with Crippen molar-refractivity contribution in [3.05, 3.63) is 29.8 Å². The van der Waals surface area contributed by atoms with Gasteiger partial charge in [-0.3, -0.25) is 4.98 Å². The predicted octanol–water partition coefficient (Wildman–Crippen LogP) is 1.80. The van der Waals surface area contributed by atoms with Crippen LogP contribution in [0.2, 0.25) is 0 Å². The molecule has 66 valence electrons. The predicted molar refractivity (Wildman–Crippen MR) is 46.0 cm³/mol. The first-order valence-corrected chi connectivity index (χ1v) is 3.97. The number of hydrogen-bond donors (Lipinski definition) is 1. The summed E-state index contributed by atoms with van der Waals surface area (Å²) in [6.07, 6.45) is 3.45.